The molecule has 1 fully saturated rings. The zero-order chi connectivity index (χ0) is 8.97. The summed E-state index contributed by atoms with van der Waals surface area (Å²) in [5.74, 6) is 0.608. The Balaban J connectivity index is 2.63. The van der Waals surface area contributed by atoms with Gasteiger partial charge < -0.3 is 4.79 Å². The third kappa shape index (κ3) is 2.07. The molecule has 0 aromatic heterocycles. The van der Waals surface area contributed by atoms with Gasteiger partial charge in [0, 0.05) is 6.42 Å². The summed E-state index contributed by atoms with van der Waals surface area (Å²) in [5.41, 5.74) is 2.55. The van der Waals surface area contributed by atoms with Gasteiger partial charge in [0.15, 0.2) is 0 Å². The van der Waals surface area contributed by atoms with Crippen LogP contribution in [0.2, 0.25) is 0 Å². The summed E-state index contributed by atoms with van der Waals surface area (Å²) in [6.07, 6.45) is 7.10. The van der Waals surface area contributed by atoms with Crippen LogP contribution in [0.5, 0.6) is 0 Å². The van der Waals surface area contributed by atoms with E-state index >= 15 is 0 Å². The van der Waals surface area contributed by atoms with Gasteiger partial charge in [0.05, 0.1) is 0 Å². The van der Waals surface area contributed by atoms with Crippen LogP contribution in [0, 0.1) is 5.92 Å². The highest BCUT2D eigenvalue weighted by atomic mass is 16.1. The van der Waals surface area contributed by atoms with E-state index in [1.54, 1.807) is 0 Å². The number of rotatable bonds is 2. The quantitative estimate of drug-likeness (QED) is 0.573. The minimum Gasteiger partial charge on any atom is -0.303 e. The lowest BCUT2D eigenvalue weighted by atomic mass is 9.82. The first kappa shape index (κ1) is 9.24. The Bertz CT molecular complexity index is 213. The molecule has 0 amide bonds. The molecule has 1 saturated carbocycles. The van der Waals surface area contributed by atoms with Crippen LogP contribution in [0.3, 0.4) is 0 Å². The summed E-state index contributed by atoms with van der Waals surface area (Å²) in [6.45, 7) is 6.25. The summed E-state index contributed by atoms with van der Waals surface area (Å²) in [5, 5.41) is 0. The lowest BCUT2D eigenvalue weighted by Gasteiger charge is -2.23. The highest BCUT2D eigenvalue weighted by Crippen LogP contribution is 2.32. The molecule has 1 aliphatic rings. The van der Waals surface area contributed by atoms with Crippen molar-refractivity contribution in [2.75, 3.05) is 0 Å². The molecule has 0 radical (unpaired) electrons. The largest absolute Gasteiger partial charge is 0.303 e. The third-order valence-electron chi connectivity index (χ3n) is 2.55. The summed E-state index contributed by atoms with van der Waals surface area (Å²) >= 11 is 0. The van der Waals surface area contributed by atoms with Crippen LogP contribution < -0.4 is 0 Å². The second kappa shape index (κ2) is 4.24. The van der Waals surface area contributed by atoms with Gasteiger partial charge in [-0.25, -0.2) is 0 Å². The Kier molecular flexibility index (Phi) is 3.27. The summed E-state index contributed by atoms with van der Waals surface area (Å²) in [6, 6.07) is 0. The van der Waals surface area contributed by atoms with E-state index in [9.17, 15) is 4.79 Å². The van der Waals surface area contributed by atoms with Crippen LogP contribution in [0.25, 0.3) is 0 Å². The van der Waals surface area contributed by atoms with Crippen molar-refractivity contribution in [2.45, 2.75) is 32.6 Å². The summed E-state index contributed by atoms with van der Waals surface area (Å²) < 4.78 is 0. The van der Waals surface area contributed by atoms with Gasteiger partial charge in [-0.15, -0.1) is 0 Å². The molecule has 0 spiro atoms. The topological polar surface area (TPSA) is 17.1 Å². The van der Waals surface area contributed by atoms with Crippen molar-refractivity contribution < 1.29 is 4.79 Å². The number of hydrogen-bond donors (Lipinski definition) is 0. The Hall–Kier alpha value is -0.850. The fourth-order valence-electron chi connectivity index (χ4n) is 1.67. The predicted octanol–water partition coefficient (Wildman–Crippen LogP) is 2.88. The Morgan fingerprint density at radius 2 is 2.42 bits per heavy atom. The van der Waals surface area contributed by atoms with Crippen LogP contribution >= 0.6 is 0 Å². The second-order valence-corrected chi connectivity index (χ2v) is 3.45. The van der Waals surface area contributed by atoms with Crippen molar-refractivity contribution in [1.82, 2.24) is 0 Å². The van der Waals surface area contributed by atoms with E-state index in [1.165, 1.54) is 24.0 Å². The van der Waals surface area contributed by atoms with Gasteiger partial charge >= 0.3 is 0 Å². The van der Waals surface area contributed by atoms with E-state index in [4.69, 9.17) is 0 Å². The molecule has 0 saturated heterocycles. The molecular formula is C11H16O. The molecule has 0 aromatic rings. The first-order valence-electron chi connectivity index (χ1n) is 4.57. The first-order valence-corrected chi connectivity index (χ1v) is 4.57. The number of allylic oxidation sites excluding steroid dienone is 3. The smallest absolute Gasteiger partial charge is 0.123 e. The zero-order valence-corrected chi connectivity index (χ0v) is 7.68. The predicted molar refractivity (Wildman–Crippen MR) is 50.9 cm³/mol. The fourth-order valence-corrected chi connectivity index (χ4v) is 1.67. The lowest BCUT2D eigenvalue weighted by Crippen LogP contribution is -2.07. The monoisotopic (exact) mass is 164 g/mol. The van der Waals surface area contributed by atoms with E-state index in [0.717, 1.165) is 12.7 Å². The molecule has 1 heteroatoms. The van der Waals surface area contributed by atoms with Crippen molar-refractivity contribution in [2.24, 2.45) is 5.92 Å². The molecule has 0 bridgehead atoms. The molecule has 1 nitrogen and oxygen atoms in total. The van der Waals surface area contributed by atoms with Crippen molar-refractivity contribution in [3.8, 4) is 0 Å². The van der Waals surface area contributed by atoms with Crippen LogP contribution in [0.15, 0.2) is 23.8 Å². The van der Waals surface area contributed by atoms with Gasteiger partial charge in [0.25, 0.3) is 0 Å². The van der Waals surface area contributed by atoms with Crippen molar-refractivity contribution in [1.29, 1.82) is 0 Å². The molecule has 0 unspecified atom stereocenters. The molecule has 1 aliphatic carbocycles. The van der Waals surface area contributed by atoms with Crippen molar-refractivity contribution >= 4 is 6.29 Å². The van der Waals surface area contributed by atoms with Crippen LogP contribution in [0.1, 0.15) is 32.6 Å². The molecule has 1 rings (SSSR count). The van der Waals surface area contributed by atoms with Gasteiger partial charge in [-0.05, 0) is 36.3 Å². The average Bonchev–Trinajstić information content (AvgIpc) is 2.08. The Labute approximate surface area is 74.2 Å². The summed E-state index contributed by atoms with van der Waals surface area (Å²) in [7, 11) is 0. The van der Waals surface area contributed by atoms with Crippen LogP contribution in [-0.4, -0.2) is 6.29 Å². The molecule has 0 N–H and O–H groups in total. The molecule has 66 valence electrons. The molecule has 12 heavy (non-hydrogen) atoms. The molecule has 0 heterocycles. The van der Waals surface area contributed by atoms with E-state index in [0.29, 0.717) is 12.3 Å². The Morgan fingerprint density at radius 1 is 1.67 bits per heavy atom. The van der Waals surface area contributed by atoms with E-state index in [-0.39, 0.29) is 0 Å². The zero-order valence-electron chi connectivity index (χ0n) is 7.68. The number of carbonyl (C=O) groups excluding carboxylic acids is 1. The van der Waals surface area contributed by atoms with Gasteiger partial charge in [-0.3, -0.25) is 0 Å². The SMILES string of the molecule is C=C1/C(=C\CC=O)CCC[C@@H]1C. The molecular weight excluding hydrogens is 148 g/mol. The maximum absolute atomic E-state index is 10.2. The normalized spacial score (nSPS) is 27.6. The van der Waals surface area contributed by atoms with Gasteiger partial charge in [-0.2, -0.15) is 0 Å². The minimum absolute atomic E-state index is 0.543. The Morgan fingerprint density at radius 3 is 3.08 bits per heavy atom. The maximum atomic E-state index is 10.2. The highest BCUT2D eigenvalue weighted by molar-refractivity contribution is 5.53. The number of hydrogen-bond acceptors (Lipinski definition) is 1. The van der Waals surface area contributed by atoms with E-state index < -0.39 is 0 Å². The fraction of sp³-hybridized carbons (Fsp3) is 0.545. The van der Waals surface area contributed by atoms with Crippen molar-refractivity contribution in [3.05, 3.63) is 23.8 Å². The molecule has 1 atom stereocenters. The standard InChI is InChI=1S/C11H16O/c1-9-5-3-6-11(10(9)2)7-4-8-12/h7-9H,2-6H2,1H3/b11-7-/t9-/m0/s1. The van der Waals surface area contributed by atoms with Gasteiger partial charge in [0.1, 0.15) is 6.29 Å². The minimum atomic E-state index is 0.543. The second-order valence-electron chi connectivity index (χ2n) is 3.45. The molecule has 0 aliphatic heterocycles. The van der Waals surface area contributed by atoms with Crippen LogP contribution in [0.4, 0.5) is 0 Å². The number of carbonyl (C=O) groups is 1. The van der Waals surface area contributed by atoms with Gasteiger partial charge in [-0.1, -0.05) is 19.6 Å². The average molecular weight is 164 g/mol. The van der Waals surface area contributed by atoms with Crippen LogP contribution in [-0.2, 0) is 4.79 Å². The van der Waals surface area contributed by atoms with E-state index in [1.807, 2.05) is 6.08 Å². The summed E-state index contributed by atoms with van der Waals surface area (Å²) in [4.78, 5) is 10.2. The van der Waals surface area contributed by atoms with Gasteiger partial charge in [0.2, 0.25) is 0 Å². The van der Waals surface area contributed by atoms with E-state index in [2.05, 4.69) is 13.5 Å². The van der Waals surface area contributed by atoms with Crippen molar-refractivity contribution in [3.63, 3.8) is 0 Å². The first-order chi connectivity index (χ1) is 5.75. The molecule has 0 aromatic carbocycles. The maximum Gasteiger partial charge on any atom is 0.123 e. The number of aldehydes is 1. The third-order valence-corrected chi connectivity index (χ3v) is 2.55. The lowest BCUT2D eigenvalue weighted by molar-refractivity contribution is -0.107. The highest BCUT2D eigenvalue weighted by Gasteiger charge is 2.16.